The summed E-state index contributed by atoms with van der Waals surface area (Å²) in [6.45, 7) is 12.2. The molecular weight excluding hydrogens is 364 g/mol. The summed E-state index contributed by atoms with van der Waals surface area (Å²) in [7, 11) is -2.78. The first kappa shape index (κ1) is 22.6. The summed E-state index contributed by atoms with van der Waals surface area (Å²) in [5, 5.41) is 23.1. The maximum absolute atomic E-state index is 10.7. The zero-order valence-corrected chi connectivity index (χ0v) is 18.5. The van der Waals surface area contributed by atoms with Crippen LogP contribution in [0.4, 0.5) is 0 Å². The first-order valence-corrected chi connectivity index (χ1v) is 11.9. The van der Waals surface area contributed by atoms with Crippen molar-refractivity contribution in [2.45, 2.75) is 63.9 Å². The SMILES string of the molecule is C=CC(O)C[C@@H](O[Si](c1ccccc1)(c1ccccc1)C(C)(C)C)[C@@H](O)CC. The van der Waals surface area contributed by atoms with Crippen LogP contribution in [0, 0.1) is 0 Å². The lowest BCUT2D eigenvalue weighted by Gasteiger charge is -2.46. The molecule has 28 heavy (non-hydrogen) atoms. The third-order valence-electron chi connectivity index (χ3n) is 5.34. The molecule has 3 nitrogen and oxygen atoms in total. The van der Waals surface area contributed by atoms with Gasteiger partial charge in [-0.1, -0.05) is 94.4 Å². The Morgan fingerprint density at radius 1 is 0.964 bits per heavy atom. The molecule has 0 fully saturated rings. The summed E-state index contributed by atoms with van der Waals surface area (Å²) in [6.07, 6.45) is 0.532. The second-order valence-corrected chi connectivity index (χ2v) is 12.6. The van der Waals surface area contributed by atoms with E-state index in [0.29, 0.717) is 12.8 Å². The monoisotopic (exact) mass is 398 g/mol. The van der Waals surface area contributed by atoms with Crippen LogP contribution in [0.3, 0.4) is 0 Å². The Morgan fingerprint density at radius 2 is 1.43 bits per heavy atom. The number of aliphatic hydroxyl groups is 2. The average Bonchev–Trinajstić information content (AvgIpc) is 2.70. The Hall–Kier alpha value is -1.72. The van der Waals surface area contributed by atoms with Crippen LogP contribution in [-0.4, -0.2) is 36.8 Å². The highest BCUT2D eigenvalue weighted by molar-refractivity contribution is 6.99. The van der Waals surface area contributed by atoms with Gasteiger partial charge in [0.2, 0.25) is 0 Å². The second-order valence-electron chi connectivity index (χ2n) is 8.33. The average molecular weight is 399 g/mol. The fourth-order valence-electron chi connectivity index (χ4n) is 3.80. The maximum atomic E-state index is 10.7. The molecule has 0 aliphatic carbocycles. The van der Waals surface area contributed by atoms with Gasteiger partial charge in [0.05, 0.1) is 18.3 Å². The molecule has 0 saturated heterocycles. The Morgan fingerprint density at radius 3 is 1.79 bits per heavy atom. The van der Waals surface area contributed by atoms with Gasteiger partial charge in [0, 0.05) is 6.42 Å². The quantitative estimate of drug-likeness (QED) is 0.501. The molecular formula is C24H34O3Si. The van der Waals surface area contributed by atoms with Crippen LogP contribution in [0.5, 0.6) is 0 Å². The molecule has 2 rings (SSSR count). The third-order valence-corrected chi connectivity index (χ3v) is 10.4. The highest BCUT2D eigenvalue weighted by Gasteiger charge is 2.52. The molecule has 2 aromatic rings. The van der Waals surface area contributed by atoms with E-state index < -0.39 is 26.6 Å². The van der Waals surface area contributed by atoms with Crippen LogP contribution in [0.25, 0.3) is 0 Å². The summed E-state index contributed by atoms with van der Waals surface area (Å²) in [5.74, 6) is 0. The Bertz CT molecular complexity index is 685. The van der Waals surface area contributed by atoms with Crippen molar-refractivity contribution in [3.8, 4) is 0 Å². The summed E-state index contributed by atoms with van der Waals surface area (Å²) in [4.78, 5) is 0. The van der Waals surface area contributed by atoms with E-state index in [2.05, 4.69) is 51.6 Å². The van der Waals surface area contributed by atoms with Crippen LogP contribution >= 0.6 is 0 Å². The molecule has 0 amide bonds. The lowest BCUT2D eigenvalue weighted by molar-refractivity contribution is 0.00419. The first-order valence-electron chi connectivity index (χ1n) is 10.0. The fraction of sp³-hybridized carbons (Fsp3) is 0.417. The van der Waals surface area contributed by atoms with Gasteiger partial charge in [0.15, 0.2) is 0 Å². The van der Waals surface area contributed by atoms with E-state index >= 15 is 0 Å². The molecule has 152 valence electrons. The van der Waals surface area contributed by atoms with Gasteiger partial charge >= 0.3 is 0 Å². The number of rotatable bonds is 9. The van der Waals surface area contributed by atoms with Gasteiger partial charge in [0.25, 0.3) is 8.32 Å². The highest BCUT2D eigenvalue weighted by Crippen LogP contribution is 2.38. The van der Waals surface area contributed by atoms with Gasteiger partial charge in [-0.25, -0.2) is 0 Å². The third kappa shape index (κ3) is 4.81. The van der Waals surface area contributed by atoms with Crippen molar-refractivity contribution in [3.63, 3.8) is 0 Å². The standard InChI is InChI=1S/C24H34O3Si/c1-6-19(25)18-23(22(26)7-2)27-28(24(3,4)5,20-14-10-8-11-15-20)21-16-12-9-13-17-21/h6,8-17,19,22-23,25-26H,1,7,18H2,2-5H3/t19?,22-,23+/m0/s1. The summed E-state index contributed by atoms with van der Waals surface area (Å²) in [6, 6.07) is 20.7. The Balaban J connectivity index is 2.67. The van der Waals surface area contributed by atoms with Gasteiger partial charge in [-0.3, -0.25) is 0 Å². The summed E-state index contributed by atoms with van der Waals surface area (Å²) >= 11 is 0. The summed E-state index contributed by atoms with van der Waals surface area (Å²) in [5.41, 5.74) is 0. The van der Waals surface area contributed by atoms with Crippen LogP contribution in [-0.2, 0) is 4.43 Å². The van der Waals surface area contributed by atoms with Crippen LogP contribution < -0.4 is 10.4 Å². The molecule has 0 spiro atoms. The summed E-state index contributed by atoms with van der Waals surface area (Å²) < 4.78 is 6.98. The minimum absolute atomic E-state index is 0.180. The van der Waals surface area contributed by atoms with Gasteiger partial charge in [-0.2, -0.15) is 0 Å². The normalized spacial score (nSPS) is 15.6. The van der Waals surface area contributed by atoms with E-state index in [9.17, 15) is 10.2 Å². The van der Waals surface area contributed by atoms with Crippen LogP contribution in [0.15, 0.2) is 73.3 Å². The van der Waals surface area contributed by atoms with Crippen molar-refractivity contribution >= 4 is 18.7 Å². The highest BCUT2D eigenvalue weighted by atomic mass is 28.4. The first-order chi connectivity index (χ1) is 13.3. The molecule has 0 radical (unpaired) electrons. The van der Waals surface area contributed by atoms with Crippen molar-refractivity contribution in [1.82, 2.24) is 0 Å². The maximum Gasteiger partial charge on any atom is 0.261 e. The van der Waals surface area contributed by atoms with E-state index in [1.54, 1.807) is 0 Å². The molecule has 4 heteroatoms. The molecule has 1 unspecified atom stereocenters. The van der Waals surface area contributed by atoms with Gasteiger partial charge in [-0.15, -0.1) is 6.58 Å². The predicted octanol–water partition coefficient (Wildman–Crippen LogP) is 3.64. The largest absolute Gasteiger partial charge is 0.402 e. The number of aliphatic hydroxyl groups excluding tert-OH is 2. The fourth-order valence-corrected chi connectivity index (χ4v) is 8.52. The second kappa shape index (κ2) is 9.66. The number of benzene rings is 2. The molecule has 2 aromatic carbocycles. The Labute approximate surface area is 170 Å². The zero-order chi connectivity index (χ0) is 20.8. The van der Waals surface area contributed by atoms with E-state index in [1.807, 2.05) is 43.3 Å². The van der Waals surface area contributed by atoms with Crippen molar-refractivity contribution in [2.75, 3.05) is 0 Å². The topological polar surface area (TPSA) is 49.7 Å². The number of hydrogen-bond donors (Lipinski definition) is 2. The molecule has 0 aliphatic rings. The molecule has 0 saturated carbocycles. The van der Waals surface area contributed by atoms with E-state index in [1.165, 1.54) is 6.08 Å². The van der Waals surface area contributed by atoms with Gasteiger partial charge < -0.3 is 14.6 Å². The molecule has 0 aromatic heterocycles. The molecule has 0 aliphatic heterocycles. The molecule has 0 bridgehead atoms. The van der Waals surface area contributed by atoms with Gasteiger partial charge in [0.1, 0.15) is 0 Å². The zero-order valence-electron chi connectivity index (χ0n) is 17.5. The van der Waals surface area contributed by atoms with Crippen molar-refractivity contribution in [3.05, 3.63) is 73.3 Å². The molecule has 2 N–H and O–H groups in total. The smallest absolute Gasteiger partial charge is 0.261 e. The van der Waals surface area contributed by atoms with Crippen molar-refractivity contribution < 1.29 is 14.6 Å². The van der Waals surface area contributed by atoms with Crippen LogP contribution in [0.1, 0.15) is 40.5 Å². The lowest BCUT2D eigenvalue weighted by atomic mass is 10.1. The minimum atomic E-state index is -2.78. The van der Waals surface area contributed by atoms with E-state index in [4.69, 9.17) is 4.43 Å². The van der Waals surface area contributed by atoms with E-state index in [0.717, 1.165) is 10.4 Å². The van der Waals surface area contributed by atoms with Crippen molar-refractivity contribution in [2.24, 2.45) is 0 Å². The predicted molar refractivity (Wildman–Crippen MR) is 120 cm³/mol. The molecule has 3 atom stereocenters. The Kier molecular flexibility index (Phi) is 7.78. The number of hydrogen-bond acceptors (Lipinski definition) is 3. The molecule has 0 heterocycles. The van der Waals surface area contributed by atoms with Crippen LogP contribution in [0.2, 0.25) is 5.04 Å². The lowest BCUT2D eigenvalue weighted by Crippen LogP contribution is -2.68. The van der Waals surface area contributed by atoms with Gasteiger partial charge in [-0.05, 0) is 21.8 Å². The minimum Gasteiger partial charge on any atom is -0.402 e. The van der Waals surface area contributed by atoms with E-state index in [-0.39, 0.29) is 5.04 Å². The van der Waals surface area contributed by atoms with Crippen molar-refractivity contribution in [1.29, 1.82) is 0 Å².